The molecule has 0 aliphatic rings. The standard InChI is InChI=1S/C8H11BrN2/c1-2-6-4-3-5-7(11-10)8(6)9/h3-5,11H,2,10H2,1H3. The Balaban J connectivity index is 3.10. The van der Waals surface area contributed by atoms with Crippen LogP contribution in [0.15, 0.2) is 22.7 Å². The third-order valence-electron chi connectivity index (χ3n) is 1.62. The molecule has 0 radical (unpaired) electrons. The van der Waals surface area contributed by atoms with Gasteiger partial charge >= 0.3 is 0 Å². The largest absolute Gasteiger partial charge is 0.323 e. The molecule has 0 aliphatic carbocycles. The van der Waals surface area contributed by atoms with Crippen LogP contribution in [0.2, 0.25) is 0 Å². The van der Waals surface area contributed by atoms with Gasteiger partial charge in [-0.05, 0) is 34.0 Å². The minimum absolute atomic E-state index is 0.935. The highest BCUT2D eigenvalue weighted by molar-refractivity contribution is 9.10. The zero-order valence-electron chi connectivity index (χ0n) is 6.39. The van der Waals surface area contributed by atoms with Crippen LogP contribution in [-0.2, 0) is 6.42 Å². The van der Waals surface area contributed by atoms with Gasteiger partial charge < -0.3 is 5.43 Å². The van der Waals surface area contributed by atoms with E-state index < -0.39 is 0 Å². The number of nitrogens with one attached hydrogen (secondary N) is 1. The molecular formula is C8H11BrN2. The summed E-state index contributed by atoms with van der Waals surface area (Å²) < 4.78 is 1.06. The number of nitrogens with two attached hydrogens (primary N) is 1. The second-order valence-corrected chi connectivity index (χ2v) is 3.07. The van der Waals surface area contributed by atoms with Gasteiger partial charge in [0.2, 0.25) is 0 Å². The normalized spacial score (nSPS) is 9.73. The van der Waals surface area contributed by atoms with Gasteiger partial charge in [0, 0.05) is 4.47 Å². The molecule has 0 bridgehead atoms. The molecule has 0 unspecified atom stereocenters. The number of nitrogen functional groups attached to an aromatic ring is 1. The van der Waals surface area contributed by atoms with Crippen molar-refractivity contribution in [2.24, 2.45) is 5.84 Å². The van der Waals surface area contributed by atoms with Crippen molar-refractivity contribution >= 4 is 21.6 Å². The molecule has 0 atom stereocenters. The van der Waals surface area contributed by atoms with Crippen LogP contribution in [0.4, 0.5) is 5.69 Å². The molecule has 0 heterocycles. The van der Waals surface area contributed by atoms with Crippen LogP contribution in [-0.4, -0.2) is 0 Å². The first kappa shape index (κ1) is 8.56. The molecule has 0 spiro atoms. The predicted molar refractivity (Wildman–Crippen MR) is 51.3 cm³/mol. The molecule has 1 aromatic carbocycles. The van der Waals surface area contributed by atoms with Crippen LogP contribution in [0.1, 0.15) is 12.5 Å². The minimum Gasteiger partial charge on any atom is -0.323 e. The summed E-state index contributed by atoms with van der Waals surface area (Å²) in [4.78, 5) is 0. The van der Waals surface area contributed by atoms with Crippen LogP contribution >= 0.6 is 15.9 Å². The Labute approximate surface area is 74.9 Å². The summed E-state index contributed by atoms with van der Waals surface area (Å²) in [7, 11) is 0. The molecule has 11 heavy (non-hydrogen) atoms. The van der Waals surface area contributed by atoms with Gasteiger partial charge in [-0.15, -0.1) is 0 Å². The van der Waals surface area contributed by atoms with Gasteiger partial charge in [-0.3, -0.25) is 5.84 Å². The number of aryl methyl sites for hydroxylation is 1. The fourth-order valence-corrected chi connectivity index (χ4v) is 1.62. The van der Waals surface area contributed by atoms with Crippen molar-refractivity contribution in [3.63, 3.8) is 0 Å². The van der Waals surface area contributed by atoms with Gasteiger partial charge in [-0.25, -0.2) is 0 Å². The van der Waals surface area contributed by atoms with Crippen LogP contribution in [0, 0.1) is 0 Å². The fraction of sp³-hybridized carbons (Fsp3) is 0.250. The molecule has 60 valence electrons. The monoisotopic (exact) mass is 214 g/mol. The highest BCUT2D eigenvalue weighted by Crippen LogP contribution is 2.25. The van der Waals surface area contributed by atoms with Crippen molar-refractivity contribution < 1.29 is 0 Å². The topological polar surface area (TPSA) is 38.0 Å². The quantitative estimate of drug-likeness (QED) is 0.586. The SMILES string of the molecule is CCc1cccc(NN)c1Br. The van der Waals surface area contributed by atoms with E-state index in [1.165, 1.54) is 5.56 Å². The first-order valence-electron chi connectivity index (χ1n) is 3.53. The van der Waals surface area contributed by atoms with Crippen molar-refractivity contribution in [2.45, 2.75) is 13.3 Å². The van der Waals surface area contributed by atoms with Gasteiger partial charge in [0.05, 0.1) is 5.69 Å². The summed E-state index contributed by atoms with van der Waals surface area (Å²) in [6, 6.07) is 5.99. The first-order chi connectivity index (χ1) is 5.29. The maximum absolute atomic E-state index is 5.29. The Morgan fingerprint density at radius 1 is 1.55 bits per heavy atom. The van der Waals surface area contributed by atoms with Crippen LogP contribution in [0.3, 0.4) is 0 Å². The number of benzene rings is 1. The lowest BCUT2D eigenvalue weighted by molar-refractivity contribution is 1.12. The van der Waals surface area contributed by atoms with Crippen molar-refractivity contribution in [1.82, 2.24) is 0 Å². The van der Waals surface area contributed by atoms with E-state index in [9.17, 15) is 0 Å². The number of halogens is 1. The lowest BCUT2D eigenvalue weighted by Gasteiger charge is -2.06. The van der Waals surface area contributed by atoms with E-state index in [1.54, 1.807) is 0 Å². The average molecular weight is 215 g/mol. The molecular weight excluding hydrogens is 204 g/mol. The Kier molecular flexibility index (Phi) is 2.91. The number of hydrogen-bond donors (Lipinski definition) is 2. The van der Waals surface area contributed by atoms with E-state index in [4.69, 9.17) is 5.84 Å². The lowest BCUT2D eigenvalue weighted by atomic mass is 10.1. The zero-order chi connectivity index (χ0) is 8.27. The van der Waals surface area contributed by atoms with Crippen LogP contribution in [0.25, 0.3) is 0 Å². The number of rotatable bonds is 2. The average Bonchev–Trinajstić information content (AvgIpc) is 2.05. The van der Waals surface area contributed by atoms with Gasteiger partial charge in [0.15, 0.2) is 0 Å². The van der Waals surface area contributed by atoms with Crippen LogP contribution < -0.4 is 11.3 Å². The Hall–Kier alpha value is -0.540. The van der Waals surface area contributed by atoms with Crippen molar-refractivity contribution in [2.75, 3.05) is 5.43 Å². The summed E-state index contributed by atoms with van der Waals surface area (Å²) in [5, 5.41) is 0. The second-order valence-electron chi connectivity index (χ2n) is 2.28. The van der Waals surface area contributed by atoms with E-state index in [0.717, 1.165) is 16.6 Å². The summed E-state index contributed by atoms with van der Waals surface area (Å²) in [5.74, 6) is 5.29. The van der Waals surface area contributed by atoms with E-state index >= 15 is 0 Å². The molecule has 0 saturated carbocycles. The predicted octanol–water partition coefficient (Wildman–Crippen LogP) is 2.30. The number of anilines is 1. The number of hydrogen-bond acceptors (Lipinski definition) is 2. The zero-order valence-corrected chi connectivity index (χ0v) is 7.98. The number of hydrazine groups is 1. The highest BCUT2D eigenvalue weighted by atomic mass is 79.9. The van der Waals surface area contributed by atoms with Crippen molar-refractivity contribution in [1.29, 1.82) is 0 Å². The third kappa shape index (κ3) is 1.73. The van der Waals surface area contributed by atoms with E-state index in [1.807, 2.05) is 12.1 Å². The molecule has 3 heteroatoms. The van der Waals surface area contributed by atoms with Crippen molar-refractivity contribution in [3.05, 3.63) is 28.2 Å². The summed E-state index contributed by atoms with van der Waals surface area (Å²) in [6.45, 7) is 2.11. The minimum atomic E-state index is 0.935. The molecule has 0 fully saturated rings. The maximum atomic E-state index is 5.29. The molecule has 1 aromatic rings. The van der Waals surface area contributed by atoms with Gasteiger partial charge in [0.25, 0.3) is 0 Å². The summed E-state index contributed by atoms with van der Waals surface area (Å²) >= 11 is 3.46. The lowest BCUT2D eigenvalue weighted by Crippen LogP contribution is -2.07. The van der Waals surface area contributed by atoms with Crippen molar-refractivity contribution in [3.8, 4) is 0 Å². The smallest absolute Gasteiger partial charge is 0.0630 e. The Morgan fingerprint density at radius 3 is 2.82 bits per heavy atom. The fourth-order valence-electron chi connectivity index (χ4n) is 0.964. The summed E-state index contributed by atoms with van der Waals surface area (Å²) in [5.41, 5.74) is 4.82. The maximum Gasteiger partial charge on any atom is 0.0630 e. The molecule has 0 aromatic heterocycles. The van der Waals surface area contributed by atoms with Crippen LogP contribution in [0.5, 0.6) is 0 Å². The van der Waals surface area contributed by atoms with Gasteiger partial charge in [0.1, 0.15) is 0 Å². The first-order valence-corrected chi connectivity index (χ1v) is 4.33. The third-order valence-corrected chi connectivity index (χ3v) is 2.55. The van der Waals surface area contributed by atoms with Gasteiger partial charge in [-0.2, -0.15) is 0 Å². The summed E-state index contributed by atoms with van der Waals surface area (Å²) in [6.07, 6.45) is 1.01. The highest BCUT2D eigenvalue weighted by Gasteiger charge is 2.00. The molecule has 2 nitrogen and oxygen atoms in total. The Morgan fingerprint density at radius 2 is 2.27 bits per heavy atom. The van der Waals surface area contributed by atoms with E-state index in [-0.39, 0.29) is 0 Å². The molecule has 1 rings (SSSR count). The van der Waals surface area contributed by atoms with E-state index in [0.29, 0.717) is 0 Å². The van der Waals surface area contributed by atoms with Gasteiger partial charge in [-0.1, -0.05) is 19.1 Å². The molecule has 0 saturated heterocycles. The molecule has 3 N–H and O–H groups in total. The second kappa shape index (κ2) is 3.74. The van der Waals surface area contributed by atoms with E-state index in [2.05, 4.69) is 34.3 Å². The molecule has 0 aliphatic heterocycles. The Bertz CT molecular complexity index is 226. The molecule has 0 amide bonds.